The number of para-hydroxylation sites is 1. The number of hydrogen-bond donors (Lipinski definition) is 0. The normalized spacial score (nSPS) is 11.1. The zero-order valence-electron chi connectivity index (χ0n) is 13.6. The molecule has 5 nitrogen and oxygen atoms in total. The van der Waals surface area contributed by atoms with Gasteiger partial charge in [0.05, 0.1) is 10.6 Å². The van der Waals surface area contributed by atoms with Crippen molar-refractivity contribution in [1.29, 1.82) is 0 Å². The molecule has 0 saturated heterocycles. The van der Waals surface area contributed by atoms with Crippen molar-refractivity contribution in [3.05, 3.63) is 72.9 Å². The minimum Gasteiger partial charge on any atom is -0.457 e. The SMILES string of the molecule is CCS(=O)(=O)c1ccc(Oc2ccc(Oc3ccccc3)cc2)nc1. The number of nitrogens with zero attached hydrogens (tertiary/aromatic N) is 1. The summed E-state index contributed by atoms with van der Waals surface area (Å²) in [5.74, 6) is 2.39. The van der Waals surface area contributed by atoms with Crippen molar-refractivity contribution in [1.82, 2.24) is 4.98 Å². The molecule has 0 bridgehead atoms. The summed E-state index contributed by atoms with van der Waals surface area (Å²) in [6.45, 7) is 1.60. The van der Waals surface area contributed by atoms with Crippen LogP contribution in [0.3, 0.4) is 0 Å². The minimum atomic E-state index is -3.26. The van der Waals surface area contributed by atoms with Gasteiger partial charge in [0.15, 0.2) is 9.84 Å². The number of benzene rings is 2. The fourth-order valence-electron chi connectivity index (χ4n) is 2.10. The molecule has 0 unspecified atom stereocenters. The van der Waals surface area contributed by atoms with Crippen LogP contribution in [0.5, 0.6) is 23.1 Å². The molecule has 3 rings (SSSR count). The van der Waals surface area contributed by atoms with Crippen molar-refractivity contribution in [3.8, 4) is 23.1 Å². The van der Waals surface area contributed by atoms with E-state index in [-0.39, 0.29) is 10.6 Å². The highest BCUT2D eigenvalue weighted by Crippen LogP contribution is 2.26. The van der Waals surface area contributed by atoms with Crippen molar-refractivity contribution in [2.24, 2.45) is 0 Å². The maximum atomic E-state index is 11.8. The Labute approximate surface area is 146 Å². The Bertz CT molecular complexity index is 921. The molecule has 3 aromatic rings. The van der Waals surface area contributed by atoms with E-state index in [4.69, 9.17) is 9.47 Å². The molecule has 0 aliphatic rings. The predicted molar refractivity (Wildman–Crippen MR) is 95.0 cm³/mol. The van der Waals surface area contributed by atoms with E-state index in [1.54, 1.807) is 31.2 Å². The molecule has 1 aromatic heterocycles. The largest absolute Gasteiger partial charge is 0.457 e. The third-order valence-corrected chi connectivity index (χ3v) is 5.19. The number of rotatable bonds is 6. The van der Waals surface area contributed by atoms with Crippen molar-refractivity contribution in [2.45, 2.75) is 11.8 Å². The number of aromatic nitrogens is 1. The maximum absolute atomic E-state index is 11.8. The lowest BCUT2D eigenvalue weighted by Gasteiger charge is -2.08. The summed E-state index contributed by atoms with van der Waals surface area (Å²) in [5.41, 5.74) is 0. The first-order chi connectivity index (χ1) is 12.1. The molecule has 0 amide bonds. The van der Waals surface area contributed by atoms with Crippen LogP contribution >= 0.6 is 0 Å². The average Bonchev–Trinajstić information content (AvgIpc) is 2.65. The monoisotopic (exact) mass is 355 g/mol. The average molecular weight is 355 g/mol. The van der Waals surface area contributed by atoms with Gasteiger partial charge in [0.1, 0.15) is 17.2 Å². The molecule has 0 aliphatic heterocycles. The number of ether oxygens (including phenoxy) is 2. The number of pyridine rings is 1. The highest BCUT2D eigenvalue weighted by molar-refractivity contribution is 7.91. The second kappa shape index (κ2) is 7.36. The Kier molecular flexibility index (Phi) is 5.00. The summed E-state index contributed by atoms with van der Waals surface area (Å²) >= 11 is 0. The van der Waals surface area contributed by atoms with E-state index in [0.29, 0.717) is 17.4 Å². The van der Waals surface area contributed by atoms with Crippen molar-refractivity contribution >= 4 is 9.84 Å². The lowest BCUT2D eigenvalue weighted by Crippen LogP contribution is -2.04. The fraction of sp³-hybridized carbons (Fsp3) is 0.105. The fourth-order valence-corrected chi connectivity index (χ4v) is 2.92. The van der Waals surface area contributed by atoms with Gasteiger partial charge in [-0.1, -0.05) is 25.1 Å². The van der Waals surface area contributed by atoms with Gasteiger partial charge in [-0.3, -0.25) is 0 Å². The molecular formula is C19H17NO4S. The zero-order chi connectivity index (χ0) is 17.7. The van der Waals surface area contributed by atoms with Crippen LogP contribution < -0.4 is 9.47 Å². The summed E-state index contributed by atoms with van der Waals surface area (Å²) in [6.07, 6.45) is 1.31. The van der Waals surface area contributed by atoms with Crippen LogP contribution in [0.4, 0.5) is 0 Å². The van der Waals surface area contributed by atoms with Crippen molar-refractivity contribution in [2.75, 3.05) is 5.75 Å². The highest BCUT2D eigenvalue weighted by atomic mass is 32.2. The third-order valence-electron chi connectivity index (χ3n) is 3.47. The van der Waals surface area contributed by atoms with Crippen LogP contribution in [0.25, 0.3) is 0 Å². The second-order valence-corrected chi connectivity index (χ2v) is 7.50. The molecule has 6 heteroatoms. The van der Waals surface area contributed by atoms with E-state index in [1.165, 1.54) is 18.3 Å². The first kappa shape index (κ1) is 17.0. The molecule has 0 atom stereocenters. The Morgan fingerprint density at radius 2 is 1.40 bits per heavy atom. The quantitative estimate of drug-likeness (QED) is 0.653. The van der Waals surface area contributed by atoms with E-state index in [9.17, 15) is 8.42 Å². The molecule has 0 fully saturated rings. The molecule has 0 spiro atoms. The minimum absolute atomic E-state index is 0.0394. The summed E-state index contributed by atoms with van der Waals surface area (Å²) in [7, 11) is -3.26. The van der Waals surface area contributed by atoms with Gasteiger partial charge < -0.3 is 9.47 Å². The first-order valence-electron chi connectivity index (χ1n) is 7.76. The predicted octanol–water partition coefficient (Wildman–Crippen LogP) is 4.46. The first-order valence-corrected chi connectivity index (χ1v) is 9.42. The zero-order valence-corrected chi connectivity index (χ0v) is 14.4. The van der Waals surface area contributed by atoms with Gasteiger partial charge in [-0.25, -0.2) is 13.4 Å². The van der Waals surface area contributed by atoms with Gasteiger partial charge in [0, 0.05) is 12.3 Å². The van der Waals surface area contributed by atoms with E-state index < -0.39 is 9.84 Å². The van der Waals surface area contributed by atoms with E-state index in [1.807, 2.05) is 30.3 Å². The third kappa shape index (κ3) is 4.36. The molecule has 0 N–H and O–H groups in total. The molecule has 1 heterocycles. The Morgan fingerprint density at radius 1 is 0.800 bits per heavy atom. The second-order valence-electron chi connectivity index (χ2n) is 5.22. The maximum Gasteiger partial charge on any atom is 0.219 e. The molecule has 128 valence electrons. The van der Waals surface area contributed by atoms with Gasteiger partial charge in [0.25, 0.3) is 0 Å². The molecular weight excluding hydrogens is 338 g/mol. The van der Waals surface area contributed by atoms with E-state index >= 15 is 0 Å². The van der Waals surface area contributed by atoms with Crippen molar-refractivity contribution in [3.63, 3.8) is 0 Å². The smallest absolute Gasteiger partial charge is 0.219 e. The number of sulfone groups is 1. The van der Waals surface area contributed by atoms with E-state index in [2.05, 4.69) is 4.98 Å². The van der Waals surface area contributed by atoms with Crippen LogP contribution in [-0.2, 0) is 9.84 Å². The Balaban J connectivity index is 1.67. The number of hydrogen-bond acceptors (Lipinski definition) is 5. The molecule has 0 radical (unpaired) electrons. The molecule has 2 aromatic carbocycles. The topological polar surface area (TPSA) is 65.5 Å². The van der Waals surface area contributed by atoms with Crippen molar-refractivity contribution < 1.29 is 17.9 Å². The van der Waals surface area contributed by atoms with Crippen LogP contribution in [0.1, 0.15) is 6.92 Å². The highest BCUT2D eigenvalue weighted by Gasteiger charge is 2.12. The van der Waals surface area contributed by atoms with Gasteiger partial charge >= 0.3 is 0 Å². The summed E-state index contributed by atoms with van der Waals surface area (Å²) in [6, 6.07) is 19.6. The Morgan fingerprint density at radius 3 is 1.96 bits per heavy atom. The van der Waals surface area contributed by atoms with Gasteiger partial charge in [0.2, 0.25) is 5.88 Å². The van der Waals surface area contributed by atoms with Crippen LogP contribution in [0.2, 0.25) is 0 Å². The molecule has 0 saturated carbocycles. The van der Waals surface area contributed by atoms with Gasteiger partial charge in [-0.05, 0) is 42.5 Å². The van der Waals surface area contributed by atoms with Gasteiger partial charge in [-0.15, -0.1) is 0 Å². The van der Waals surface area contributed by atoms with Crippen LogP contribution in [0.15, 0.2) is 77.8 Å². The lowest BCUT2D eigenvalue weighted by atomic mass is 10.3. The Hall–Kier alpha value is -2.86. The van der Waals surface area contributed by atoms with Crippen LogP contribution in [-0.4, -0.2) is 19.2 Å². The summed E-state index contributed by atoms with van der Waals surface area (Å²) in [5, 5.41) is 0. The van der Waals surface area contributed by atoms with Crippen LogP contribution in [0, 0.1) is 0 Å². The summed E-state index contributed by atoms with van der Waals surface area (Å²) in [4.78, 5) is 4.23. The van der Waals surface area contributed by atoms with Gasteiger partial charge in [-0.2, -0.15) is 0 Å². The summed E-state index contributed by atoms with van der Waals surface area (Å²) < 4.78 is 34.9. The van der Waals surface area contributed by atoms with E-state index in [0.717, 1.165) is 5.75 Å². The molecule has 25 heavy (non-hydrogen) atoms. The lowest BCUT2D eigenvalue weighted by molar-refractivity contribution is 0.456. The standard InChI is InChI=1S/C19H17NO4S/c1-2-25(21,22)18-12-13-19(20-14-18)24-17-10-8-16(9-11-17)23-15-6-4-3-5-7-15/h3-14H,2H2,1H3. The molecule has 0 aliphatic carbocycles.